The van der Waals surface area contributed by atoms with Gasteiger partial charge in [0.25, 0.3) is 0 Å². The predicted octanol–water partition coefficient (Wildman–Crippen LogP) is 1.66. The number of hydrogen-bond acceptors (Lipinski definition) is 3. The number of aliphatic carboxylic acids is 1. The van der Waals surface area contributed by atoms with Gasteiger partial charge in [-0.15, -0.1) is 0 Å². The maximum Gasteiger partial charge on any atom is 0.320 e. The summed E-state index contributed by atoms with van der Waals surface area (Å²) in [4.78, 5) is 15.6. The summed E-state index contributed by atoms with van der Waals surface area (Å²) in [6.45, 7) is 10.3. The van der Waals surface area contributed by atoms with Crippen molar-refractivity contribution in [2.75, 3.05) is 26.2 Å². The first-order valence-corrected chi connectivity index (χ1v) is 6.81. The Morgan fingerprint density at radius 1 is 1.29 bits per heavy atom. The molecule has 1 atom stereocenters. The predicted molar refractivity (Wildman–Crippen MR) is 69.2 cm³/mol. The van der Waals surface area contributed by atoms with Gasteiger partial charge in [0.2, 0.25) is 0 Å². The SMILES string of the molecule is CCN(CC)CCCN(C1CC1)C(C)C(=O)O. The third-order valence-electron chi connectivity index (χ3n) is 3.66. The standard InChI is InChI=1S/C13H26N2O2/c1-4-14(5-2)9-6-10-15(12-7-8-12)11(3)13(16)17/h11-12H,4-10H2,1-3H3,(H,16,17). The zero-order chi connectivity index (χ0) is 12.8. The second-order valence-corrected chi connectivity index (χ2v) is 4.86. The Morgan fingerprint density at radius 3 is 2.29 bits per heavy atom. The van der Waals surface area contributed by atoms with Crippen molar-refractivity contribution in [1.29, 1.82) is 0 Å². The molecule has 4 nitrogen and oxygen atoms in total. The highest BCUT2D eigenvalue weighted by molar-refractivity contribution is 5.73. The lowest BCUT2D eigenvalue weighted by Gasteiger charge is -2.27. The third-order valence-corrected chi connectivity index (χ3v) is 3.66. The lowest BCUT2D eigenvalue weighted by atomic mass is 10.2. The highest BCUT2D eigenvalue weighted by atomic mass is 16.4. The summed E-state index contributed by atoms with van der Waals surface area (Å²) in [6.07, 6.45) is 3.40. The molecule has 1 fully saturated rings. The maximum atomic E-state index is 11.0. The molecule has 1 aliphatic rings. The van der Waals surface area contributed by atoms with E-state index in [1.54, 1.807) is 6.92 Å². The number of rotatable bonds is 9. The molecular formula is C13H26N2O2. The van der Waals surface area contributed by atoms with Gasteiger partial charge in [-0.1, -0.05) is 13.8 Å². The Balaban J connectivity index is 2.32. The highest BCUT2D eigenvalue weighted by Gasteiger charge is 2.34. The van der Waals surface area contributed by atoms with Gasteiger partial charge in [-0.2, -0.15) is 0 Å². The molecule has 0 saturated heterocycles. The van der Waals surface area contributed by atoms with E-state index in [1.165, 1.54) is 12.8 Å². The molecule has 1 saturated carbocycles. The fourth-order valence-corrected chi connectivity index (χ4v) is 2.26. The van der Waals surface area contributed by atoms with Gasteiger partial charge in [-0.25, -0.2) is 0 Å². The molecular weight excluding hydrogens is 216 g/mol. The van der Waals surface area contributed by atoms with E-state index >= 15 is 0 Å². The molecule has 1 aliphatic carbocycles. The molecule has 1 N–H and O–H groups in total. The van der Waals surface area contributed by atoms with E-state index in [2.05, 4.69) is 23.6 Å². The van der Waals surface area contributed by atoms with Crippen molar-refractivity contribution in [2.45, 2.75) is 52.1 Å². The van der Waals surface area contributed by atoms with Crippen molar-refractivity contribution in [3.05, 3.63) is 0 Å². The zero-order valence-corrected chi connectivity index (χ0v) is 11.4. The van der Waals surface area contributed by atoms with Crippen molar-refractivity contribution in [2.24, 2.45) is 0 Å². The Kier molecular flexibility index (Phi) is 5.92. The van der Waals surface area contributed by atoms with E-state index < -0.39 is 5.97 Å². The van der Waals surface area contributed by atoms with Gasteiger partial charge in [0.15, 0.2) is 0 Å². The van der Waals surface area contributed by atoms with Gasteiger partial charge in [0.05, 0.1) is 0 Å². The van der Waals surface area contributed by atoms with Gasteiger partial charge in [0.1, 0.15) is 6.04 Å². The molecule has 1 rings (SSSR count). The fourth-order valence-electron chi connectivity index (χ4n) is 2.26. The number of nitrogens with zero attached hydrogens (tertiary/aromatic N) is 2. The van der Waals surface area contributed by atoms with E-state index in [9.17, 15) is 4.79 Å². The molecule has 0 aliphatic heterocycles. The minimum absolute atomic E-state index is 0.334. The van der Waals surface area contributed by atoms with Crippen LogP contribution in [0, 0.1) is 0 Å². The first-order valence-electron chi connectivity index (χ1n) is 6.81. The molecule has 0 bridgehead atoms. The van der Waals surface area contributed by atoms with Gasteiger partial charge < -0.3 is 10.0 Å². The average molecular weight is 242 g/mol. The Morgan fingerprint density at radius 2 is 1.88 bits per heavy atom. The molecule has 1 unspecified atom stereocenters. The third kappa shape index (κ3) is 4.64. The summed E-state index contributed by atoms with van der Waals surface area (Å²) >= 11 is 0. The lowest BCUT2D eigenvalue weighted by molar-refractivity contribution is -0.142. The first kappa shape index (κ1) is 14.5. The summed E-state index contributed by atoms with van der Waals surface area (Å²) in [5, 5.41) is 9.08. The van der Waals surface area contributed by atoms with Gasteiger partial charge in [0, 0.05) is 12.6 Å². The number of hydrogen-bond donors (Lipinski definition) is 1. The Bertz CT molecular complexity index is 238. The van der Waals surface area contributed by atoms with Crippen molar-refractivity contribution in [3.8, 4) is 0 Å². The summed E-state index contributed by atoms with van der Waals surface area (Å²) < 4.78 is 0. The molecule has 4 heteroatoms. The summed E-state index contributed by atoms with van der Waals surface area (Å²) in [5.41, 5.74) is 0. The minimum atomic E-state index is -0.695. The van der Waals surface area contributed by atoms with Crippen LogP contribution in [0.4, 0.5) is 0 Å². The van der Waals surface area contributed by atoms with Crippen LogP contribution in [0.25, 0.3) is 0 Å². The smallest absolute Gasteiger partial charge is 0.320 e. The van der Waals surface area contributed by atoms with E-state index in [0.29, 0.717) is 6.04 Å². The van der Waals surface area contributed by atoms with Crippen LogP contribution in [-0.2, 0) is 4.79 Å². The molecule has 0 aromatic heterocycles. The van der Waals surface area contributed by atoms with Crippen molar-refractivity contribution in [1.82, 2.24) is 9.80 Å². The quantitative estimate of drug-likeness (QED) is 0.668. The van der Waals surface area contributed by atoms with Crippen LogP contribution in [0.2, 0.25) is 0 Å². The first-order chi connectivity index (χ1) is 8.10. The lowest BCUT2D eigenvalue weighted by Crippen LogP contribution is -2.42. The molecule has 17 heavy (non-hydrogen) atoms. The summed E-state index contributed by atoms with van der Waals surface area (Å²) in [7, 11) is 0. The largest absolute Gasteiger partial charge is 0.480 e. The van der Waals surface area contributed by atoms with Gasteiger partial charge >= 0.3 is 5.97 Å². The van der Waals surface area contributed by atoms with Crippen LogP contribution in [-0.4, -0.2) is 59.1 Å². The van der Waals surface area contributed by atoms with Crippen molar-refractivity contribution < 1.29 is 9.90 Å². The van der Waals surface area contributed by atoms with Crippen molar-refractivity contribution >= 4 is 5.97 Å². The second kappa shape index (κ2) is 6.97. The Hall–Kier alpha value is -0.610. The van der Waals surface area contributed by atoms with Crippen LogP contribution in [0.1, 0.15) is 40.0 Å². The molecule has 0 aromatic rings. The van der Waals surface area contributed by atoms with E-state index in [0.717, 1.165) is 32.6 Å². The van der Waals surface area contributed by atoms with Crippen LogP contribution in [0.15, 0.2) is 0 Å². The Labute approximate surface area is 105 Å². The molecule has 0 amide bonds. The van der Waals surface area contributed by atoms with Gasteiger partial charge in [-0.3, -0.25) is 9.69 Å². The number of carboxylic acids is 1. The average Bonchev–Trinajstić information content (AvgIpc) is 3.13. The molecule has 0 heterocycles. The van der Waals surface area contributed by atoms with E-state index in [4.69, 9.17) is 5.11 Å². The van der Waals surface area contributed by atoms with Gasteiger partial charge in [-0.05, 0) is 45.8 Å². The van der Waals surface area contributed by atoms with E-state index in [1.807, 2.05) is 0 Å². The van der Waals surface area contributed by atoms with Crippen LogP contribution < -0.4 is 0 Å². The summed E-state index contributed by atoms with van der Waals surface area (Å²) in [6, 6.07) is 0.192. The summed E-state index contributed by atoms with van der Waals surface area (Å²) in [5.74, 6) is -0.695. The topological polar surface area (TPSA) is 43.8 Å². The zero-order valence-electron chi connectivity index (χ0n) is 11.4. The molecule has 0 aromatic carbocycles. The van der Waals surface area contributed by atoms with Crippen LogP contribution >= 0.6 is 0 Å². The number of carboxylic acid groups (broad SMARTS) is 1. The monoisotopic (exact) mass is 242 g/mol. The minimum Gasteiger partial charge on any atom is -0.480 e. The maximum absolute atomic E-state index is 11.0. The van der Waals surface area contributed by atoms with E-state index in [-0.39, 0.29) is 6.04 Å². The normalized spacial score (nSPS) is 17.7. The molecule has 0 radical (unpaired) electrons. The highest BCUT2D eigenvalue weighted by Crippen LogP contribution is 2.28. The molecule has 0 spiro atoms. The fraction of sp³-hybridized carbons (Fsp3) is 0.923. The van der Waals surface area contributed by atoms with Crippen LogP contribution in [0.5, 0.6) is 0 Å². The second-order valence-electron chi connectivity index (χ2n) is 4.86. The number of carbonyl (C=O) groups is 1. The van der Waals surface area contributed by atoms with Crippen molar-refractivity contribution in [3.63, 3.8) is 0 Å². The van der Waals surface area contributed by atoms with Crippen LogP contribution in [0.3, 0.4) is 0 Å². The molecule has 100 valence electrons.